The van der Waals surface area contributed by atoms with E-state index < -0.39 is 0 Å². The Morgan fingerprint density at radius 1 is 1.35 bits per heavy atom. The number of carbonyl (C=O) groups excluding carboxylic acids is 1. The van der Waals surface area contributed by atoms with E-state index in [9.17, 15) is 4.79 Å². The zero-order valence-electron chi connectivity index (χ0n) is 10.9. The highest BCUT2D eigenvalue weighted by molar-refractivity contribution is 6.32. The zero-order chi connectivity index (χ0) is 13.0. The normalized spacial score (nSPS) is 10.4. The van der Waals surface area contributed by atoms with Crippen molar-refractivity contribution in [3.63, 3.8) is 0 Å². The fourth-order valence-corrected chi connectivity index (χ4v) is 2.04. The van der Waals surface area contributed by atoms with Crippen molar-refractivity contribution in [2.45, 2.75) is 40.5 Å². The van der Waals surface area contributed by atoms with Gasteiger partial charge >= 0.3 is 0 Å². The van der Waals surface area contributed by atoms with Gasteiger partial charge in [0.1, 0.15) is 5.75 Å². The Balaban J connectivity index is 3.33. The molecule has 0 saturated carbocycles. The van der Waals surface area contributed by atoms with Gasteiger partial charge in [-0.2, -0.15) is 0 Å². The SMILES string of the molecule is CCCC(=O)c1c(OCC)cc(C)c(Cl)c1C. The molecule has 0 saturated heterocycles. The van der Waals surface area contributed by atoms with E-state index in [-0.39, 0.29) is 5.78 Å². The van der Waals surface area contributed by atoms with E-state index in [1.807, 2.05) is 33.8 Å². The van der Waals surface area contributed by atoms with Crippen molar-refractivity contribution in [1.29, 1.82) is 0 Å². The summed E-state index contributed by atoms with van der Waals surface area (Å²) in [5.74, 6) is 0.765. The lowest BCUT2D eigenvalue weighted by molar-refractivity contribution is 0.0977. The van der Waals surface area contributed by atoms with E-state index in [2.05, 4.69) is 0 Å². The number of rotatable bonds is 5. The van der Waals surface area contributed by atoms with Crippen LogP contribution in [-0.4, -0.2) is 12.4 Å². The highest BCUT2D eigenvalue weighted by Crippen LogP contribution is 2.32. The van der Waals surface area contributed by atoms with Gasteiger partial charge in [-0.1, -0.05) is 18.5 Å². The number of halogens is 1. The molecular weight excluding hydrogens is 236 g/mol. The second-order valence-electron chi connectivity index (χ2n) is 4.11. The molecule has 0 N–H and O–H groups in total. The molecule has 1 rings (SSSR count). The predicted octanol–water partition coefficient (Wildman–Crippen LogP) is 4.34. The first-order chi connectivity index (χ1) is 8.02. The molecule has 3 heteroatoms. The highest BCUT2D eigenvalue weighted by atomic mass is 35.5. The molecule has 2 nitrogen and oxygen atoms in total. The molecule has 0 unspecified atom stereocenters. The smallest absolute Gasteiger partial charge is 0.166 e. The van der Waals surface area contributed by atoms with Crippen LogP contribution in [0, 0.1) is 13.8 Å². The monoisotopic (exact) mass is 254 g/mol. The van der Waals surface area contributed by atoms with Gasteiger partial charge in [0, 0.05) is 11.4 Å². The third-order valence-electron chi connectivity index (χ3n) is 2.70. The van der Waals surface area contributed by atoms with Crippen LogP contribution in [0.3, 0.4) is 0 Å². The van der Waals surface area contributed by atoms with E-state index in [0.717, 1.165) is 17.5 Å². The van der Waals surface area contributed by atoms with Crippen LogP contribution in [0.5, 0.6) is 5.75 Å². The van der Waals surface area contributed by atoms with E-state index >= 15 is 0 Å². The first-order valence-corrected chi connectivity index (χ1v) is 6.36. The summed E-state index contributed by atoms with van der Waals surface area (Å²) >= 11 is 6.19. The van der Waals surface area contributed by atoms with Crippen LogP contribution in [0.15, 0.2) is 6.07 Å². The molecule has 0 radical (unpaired) electrons. The summed E-state index contributed by atoms with van der Waals surface area (Å²) in [6, 6.07) is 1.85. The molecule has 17 heavy (non-hydrogen) atoms. The van der Waals surface area contributed by atoms with E-state index in [1.165, 1.54) is 0 Å². The minimum atomic E-state index is 0.107. The molecule has 1 aromatic carbocycles. The first kappa shape index (κ1) is 14.0. The number of Topliss-reactive ketones (excluding diaryl/α,β-unsaturated/α-hetero) is 1. The number of hydrogen-bond donors (Lipinski definition) is 0. The van der Waals surface area contributed by atoms with Gasteiger partial charge in [0.2, 0.25) is 0 Å². The number of aryl methyl sites for hydroxylation is 1. The van der Waals surface area contributed by atoms with Crippen LogP contribution in [0.1, 0.15) is 48.2 Å². The average Bonchev–Trinajstić information content (AvgIpc) is 2.27. The summed E-state index contributed by atoms with van der Waals surface area (Å²) < 4.78 is 5.54. The van der Waals surface area contributed by atoms with Crippen LogP contribution in [0.2, 0.25) is 5.02 Å². The maximum absolute atomic E-state index is 12.1. The van der Waals surface area contributed by atoms with Crippen LogP contribution >= 0.6 is 11.6 Å². The summed E-state index contributed by atoms with van der Waals surface area (Å²) in [7, 11) is 0. The highest BCUT2D eigenvalue weighted by Gasteiger charge is 2.18. The second kappa shape index (κ2) is 6.06. The average molecular weight is 255 g/mol. The molecule has 0 atom stereocenters. The van der Waals surface area contributed by atoms with Crippen LogP contribution in [-0.2, 0) is 0 Å². The van der Waals surface area contributed by atoms with Crippen molar-refractivity contribution in [2.75, 3.05) is 6.61 Å². The Morgan fingerprint density at radius 2 is 2.00 bits per heavy atom. The lowest BCUT2D eigenvalue weighted by Gasteiger charge is -2.15. The van der Waals surface area contributed by atoms with Gasteiger partial charge in [-0.3, -0.25) is 4.79 Å². The molecule has 0 aliphatic rings. The molecule has 0 bridgehead atoms. The van der Waals surface area contributed by atoms with Gasteiger partial charge in [-0.25, -0.2) is 0 Å². The minimum absolute atomic E-state index is 0.107. The summed E-state index contributed by atoms with van der Waals surface area (Å²) in [4.78, 5) is 12.1. The van der Waals surface area contributed by atoms with Gasteiger partial charge in [-0.05, 0) is 44.4 Å². The van der Waals surface area contributed by atoms with Gasteiger partial charge in [0.25, 0.3) is 0 Å². The Morgan fingerprint density at radius 3 is 2.53 bits per heavy atom. The van der Waals surface area contributed by atoms with Crippen molar-refractivity contribution in [3.8, 4) is 5.75 Å². The predicted molar refractivity (Wildman–Crippen MR) is 71.3 cm³/mol. The third-order valence-corrected chi connectivity index (χ3v) is 3.28. The Bertz CT molecular complexity index is 425. The Labute approximate surface area is 108 Å². The van der Waals surface area contributed by atoms with Gasteiger partial charge in [0.15, 0.2) is 5.78 Å². The maximum atomic E-state index is 12.1. The summed E-state index contributed by atoms with van der Waals surface area (Å²) in [6.45, 7) is 8.25. The molecule has 1 aromatic rings. The number of ketones is 1. The van der Waals surface area contributed by atoms with E-state index in [4.69, 9.17) is 16.3 Å². The zero-order valence-corrected chi connectivity index (χ0v) is 11.6. The summed E-state index contributed by atoms with van der Waals surface area (Å²) in [6.07, 6.45) is 1.36. The second-order valence-corrected chi connectivity index (χ2v) is 4.49. The third kappa shape index (κ3) is 3.01. The molecule has 0 heterocycles. The topological polar surface area (TPSA) is 26.3 Å². The van der Waals surface area contributed by atoms with Crippen LogP contribution in [0.25, 0.3) is 0 Å². The largest absolute Gasteiger partial charge is 0.493 e. The Hall–Kier alpha value is -1.02. The number of benzene rings is 1. The summed E-state index contributed by atoms with van der Waals surface area (Å²) in [5.41, 5.74) is 2.42. The minimum Gasteiger partial charge on any atom is -0.493 e. The molecule has 0 aliphatic carbocycles. The van der Waals surface area contributed by atoms with Crippen molar-refractivity contribution in [2.24, 2.45) is 0 Å². The molecule has 0 spiro atoms. The molecule has 0 amide bonds. The van der Waals surface area contributed by atoms with Gasteiger partial charge in [-0.15, -0.1) is 0 Å². The Kier molecular flexibility index (Phi) is 5.01. The summed E-state index contributed by atoms with van der Waals surface area (Å²) in [5, 5.41) is 0.660. The van der Waals surface area contributed by atoms with E-state index in [1.54, 1.807) is 0 Å². The van der Waals surface area contributed by atoms with Crippen molar-refractivity contribution < 1.29 is 9.53 Å². The van der Waals surface area contributed by atoms with Gasteiger partial charge in [0.05, 0.1) is 12.2 Å². The van der Waals surface area contributed by atoms with Crippen molar-refractivity contribution >= 4 is 17.4 Å². The molecule has 0 fully saturated rings. The lowest BCUT2D eigenvalue weighted by Crippen LogP contribution is -2.07. The van der Waals surface area contributed by atoms with Crippen LogP contribution in [0.4, 0.5) is 0 Å². The molecule has 94 valence electrons. The lowest BCUT2D eigenvalue weighted by atomic mass is 9.98. The quantitative estimate of drug-likeness (QED) is 0.731. The van der Waals surface area contributed by atoms with Gasteiger partial charge < -0.3 is 4.74 Å². The molecular formula is C14H19ClO2. The van der Waals surface area contributed by atoms with Crippen molar-refractivity contribution in [3.05, 3.63) is 27.8 Å². The van der Waals surface area contributed by atoms with Crippen LogP contribution < -0.4 is 4.74 Å². The van der Waals surface area contributed by atoms with E-state index in [0.29, 0.717) is 29.4 Å². The first-order valence-electron chi connectivity index (χ1n) is 5.98. The maximum Gasteiger partial charge on any atom is 0.166 e. The fourth-order valence-electron chi connectivity index (χ4n) is 1.89. The number of carbonyl (C=O) groups is 1. The molecule has 0 aromatic heterocycles. The van der Waals surface area contributed by atoms with Crippen molar-refractivity contribution in [1.82, 2.24) is 0 Å². The number of hydrogen-bond acceptors (Lipinski definition) is 2. The molecule has 0 aliphatic heterocycles. The standard InChI is InChI=1S/C14H19ClO2/c1-5-7-11(16)13-10(4)14(15)9(3)8-12(13)17-6-2/h8H,5-7H2,1-4H3. The number of ether oxygens (including phenoxy) is 1. The fraction of sp³-hybridized carbons (Fsp3) is 0.500.